The van der Waals surface area contributed by atoms with Gasteiger partial charge in [0.1, 0.15) is 18.2 Å². The summed E-state index contributed by atoms with van der Waals surface area (Å²) in [6, 6.07) is 16.4. The lowest BCUT2D eigenvalue weighted by atomic mass is 10.2. The van der Waals surface area contributed by atoms with Gasteiger partial charge in [-0.1, -0.05) is 35.9 Å². The van der Waals surface area contributed by atoms with E-state index < -0.39 is 5.82 Å². The van der Waals surface area contributed by atoms with Crippen LogP contribution in [-0.2, 0) is 13.2 Å². The molecule has 0 atom stereocenters. The van der Waals surface area contributed by atoms with E-state index in [1.807, 2.05) is 12.1 Å². The number of nitrogens with one attached hydrogen (secondary N) is 1. The SMILES string of the molecule is COc1cc(CNc2ccc(F)c(Cl)c2)ccc1OCc1ccccc1F. The number of rotatable bonds is 7. The van der Waals surface area contributed by atoms with Gasteiger partial charge in [-0.15, -0.1) is 0 Å². The van der Waals surface area contributed by atoms with Crippen molar-refractivity contribution >= 4 is 17.3 Å². The molecule has 0 aliphatic rings. The average molecular weight is 390 g/mol. The van der Waals surface area contributed by atoms with Crippen LogP contribution in [0.25, 0.3) is 0 Å². The van der Waals surface area contributed by atoms with Gasteiger partial charge in [0, 0.05) is 17.8 Å². The first-order chi connectivity index (χ1) is 13.1. The molecule has 0 heterocycles. The van der Waals surface area contributed by atoms with Gasteiger partial charge >= 0.3 is 0 Å². The van der Waals surface area contributed by atoms with Crippen LogP contribution in [0, 0.1) is 11.6 Å². The molecule has 3 rings (SSSR count). The minimum Gasteiger partial charge on any atom is -0.493 e. The Morgan fingerprint density at radius 1 is 0.926 bits per heavy atom. The minimum atomic E-state index is -0.458. The molecule has 0 fully saturated rings. The molecule has 0 aliphatic heterocycles. The van der Waals surface area contributed by atoms with E-state index in [0.29, 0.717) is 29.3 Å². The second-order valence-electron chi connectivity index (χ2n) is 5.85. The first-order valence-electron chi connectivity index (χ1n) is 8.29. The summed E-state index contributed by atoms with van der Waals surface area (Å²) in [5, 5.41) is 3.23. The van der Waals surface area contributed by atoms with E-state index in [9.17, 15) is 8.78 Å². The Morgan fingerprint density at radius 2 is 1.74 bits per heavy atom. The molecular formula is C21H18ClF2NO2. The third-order valence-corrected chi connectivity index (χ3v) is 4.27. The monoisotopic (exact) mass is 389 g/mol. The molecule has 3 nitrogen and oxygen atoms in total. The number of hydrogen-bond donors (Lipinski definition) is 1. The quantitative estimate of drug-likeness (QED) is 0.552. The van der Waals surface area contributed by atoms with Crippen molar-refractivity contribution in [2.45, 2.75) is 13.2 Å². The lowest BCUT2D eigenvalue weighted by Crippen LogP contribution is -2.02. The molecule has 0 radical (unpaired) electrons. The number of halogens is 3. The summed E-state index contributed by atoms with van der Waals surface area (Å²) in [5.41, 5.74) is 2.12. The van der Waals surface area contributed by atoms with Crippen LogP contribution in [-0.4, -0.2) is 7.11 Å². The van der Waals surface area contributed by atoms with Gasteiger partial charge in [-0.25, -0.2) is 8.78 Å². The van der Waals surface area contributed by atoms with Crippen molar-refractivity contribution < 1.29 is 18.3 Å². The van der Waals surface area contributed by atoms with Crippen LogP contribution >= 0.6 is 11.6 Å². The van der Waals surface area contributed by atoms with Crippen LogP contribution in [0.15, 0.2) is 60.7 Å². The van der Waals surface area contributed by atoms with Crippen molar-refractivity contribution in [3.8, 4) is 11.5 Å². The zero-order valence-corrected chi connectivity index (χ0v) is 15.4. The van der Waals surface area contributed by atoms with Crippen LogP contribution in [0.1, 0.15) is 11.1 Å². The molecule has 3 aromatic rings. The lowest BCUT2D eigenvalue weighted by molar-refractivity contribution is 0.279. The maximum Gasteiger partial charge on any atom is 0.161 e. The molecule has 1 N–H and O–H groups in total. The van der Waals surface area contributed by atoms with Crippen LogP contribution < -0.4 is 14.8 Å². The molecule has 0 aliphatic carbocycles. The normalized spacial score (nSPS) is 10.5. The van der Waals surface area contributed by atoms with Gasteiger partial charge in [0.2, 0.25) is 0 Å². The van der Waals surface area contributed by atoms with Crippen LogP contribution in [0.4, 0.5) is 14.5 Å². The Morgan fingerprint density at radius 3 is 2.48 bits per heavy atom. The van der Waals surface area contributed by atoms with Gasteiger partial charge in [0.25, 0.3) is 0 Å². The molecule has 0 spiro atoms. The molecule has 0 bridgehead atoms. The summed E-state index contributed by atoms with van der Waals surface area (Å²) in [7, 11) is 1.54. The van der Waals surface area contributed by atoms with E-state index in [2.05, 4.69) is 5.32 Å². The highest BCUT2D eigenvalue weighted by atomic mass is 35.5. The summed E-state index contributed by atoms with van der Waals surface area (Å²) in [4.78, 5) is 0. The van der Waals surface area contributed by atoms with E-state index in [1.54, 1.807) is 37.4 Å². The summed E-state index contributed by atoms with van der Waals surface area (Å²) < 4.78 is 38.0. The molecule has 0 aromatic heterocycles. The van der Waals surface area contributed by atoms with Gasteiger partial charge in [-0.05, 0) is 42.0 Å². The maximum absolute atomic E-state index is 13.7. The predicted molar refractivity (Wildman–Crippen MR) is 102 cm³/mol. The zero-order valence-electron chi connectivity index (χ0n) is 14.6. The van der Waals surface area contributed by atoms with Gasteiger partial charge in [-0.3, -0.25) is 0 Å². The van der Waals surface area contributed by atoms with E-state index in [-0.39, 0.29) is 17.4 Å². The lowest BCUT2D eigenvalue weighted by Gasteiger charge is -2.13. The van der Waals surface area contributed by atoms with E-state index >= 15 is 0 Å². The van der Waals surface area contributed by atoms with Crippen molar-refractivity contribution in [3.63, 3.8) is 0 Å². The van der Waals surface area contributed by atoms with Crippen molar-refractivity contribution in [1.82, 2.24) is 0 Å². The Kier molecular flexibility index (Phi) is 6.14. The maximum atomic E-state index is 13.7. The fourth-order valence-corrected chi connectivity index (χ4v) is 2.70. The van der Waals surface area contributed by atoms with Crippen LogP contribution in [0.2, 0.25) is 5.02 Å². The predicted octanol–water partition coefficient (Wildman–Crippen LogP) is 5.82. The fourth-order valence-electron chi connectivity index (χ4n) is 2.52. The Labute approximate surface area is 161 Å². The van der Waals surface area contributed by atoms with E-state index in [0.717, 1.165) is 5.56 Å². The van der Waals surface area contributed by atoms with Crippen LogP contribution in [0.5, 0.6) is 11.5 Å². The number of anilines is 1. The molecular weight excluding hydrogens is 372 g/mol. The Hall–Kier alpha value is -2.79. The third-order valence-electron chi connectivity index (χ3n) is 3.99. The van der Waals surface area contributed by atoms with Gasteiger partial charge in [-0.2, -0.15) is 0 Å². The zero-order chi connectivity index (χ0) is 19.2. The first-order valence-corrected chi connectivity index (χ1v) is 8.66. The highest BCUT2D eigenvalue weighted by molar-refractivity contribution is 6.31. The smallest absolute Gasteiger partial charge is 0.161 e. The van der Waals surface area contributed by atoms with E-state index in [4.69, 9.17) is 21.1 Å². The highest BCUT2D eigenvalue weighted by Crippen LogP contribution is 2.29. The second-order valence-corrected chi connectivity index (χ2v) is 6.25. The molecule has 140 valence electrons. The topological polar surface area (TPSA) is 30.5 Å². The highest BCUT2D eigenvalue weighted by Gasteiger charge is 2.08. The Balaban J connectivity index is 1.66. The van der Waals surface area contributed by atoms with Gasteiger partial charge in [0.05, 0.1) is 12.1 Å². The standard InChI is InChI=1S/C21H18ClF2NO2/c1-26-21-10-14(12-25-16-7-8-19(24)17(22)11-16)6-9-20(21)27-13-15-4-2-3-5-18(15)23/h2-11,25H,12-13H2,1H3. The molecule has 3 aromatic carbocycles. The van der Waals surface area contributed by atoms with Crippen molar-refractivity contribution in [3.05, 3.63) is 88.4 Å². The number of benzene rings is 3. The summed E-state index contributed by atoms with van der Waals surface area (Å²) in [6.07, 6.45) is 0. The first kappa shape index (κ1) is 19.0. The largest absolute Gasteiger partial charge is 0.493 e. The van der Waals surface area contributed by atoms with Crippen molar-refractivity contribution in [1.29, 1.82) is 0 Å². The molecule has 0 unspecified atom stereocenters. The van der Waals surface area contributed by atoms with Gasteiger partial charge in [0.15, 0.2) is 11.5 Å². The Bertz CT molecular complexity index is 934. The number of ether oxygens (including phenoxy) is 2. The number of methoxy groups -OCH3 is 1. The average Bonchev–Trinajstić information content (AvgIpc) is 2.68. The van der Waals surface area contributed by atoms with Crippen molar-refractivity contribution in [2.75, 3.05) is 12.4 Å². The summed E-state index contributed by atoms with van der Waals surface area (Å²) >= 11 is 5.78. The number of hydrogen-bond acceptors (Lipinski definition) is 3. The summed E-state index contributed by atoms with van der Waals surface area (Å²) in [6.45, 7) is 0.598. The fraction of sp³-hybridized carbons (Fsp3) is 0.143. The second kappa shape index (κ2) is 8.73. The van der Waals surface area contributed by atoms with Gasteiger partial charge < -0.3 is 14.8 Å². The molecule has 0 saturated carbocycles. The molecule has 0 amide bonds. The third kappa shape index (κ3) is 4.89. The molecule has 0 saturated heterocycles. The minimum absolute atomic E-state index is 0.0643. The molecule has 27 heavy (non-hydrogen) atoms. The van der Waals surface area contributed by atoms with Crippen molar-refractivity contribution in [2.24, 2.45) is 0 Å². The summed E-state index contributed by atoms with van der Waals surface area (Å²) in [5.74, 6) is 0.299. The molecule has 6 heteroatoms. The van der Waals surface area contributed by atoms with E-state index in [1.165, 1.54) is 18.2 Å². The van der Waals surface area contributed by atoms with Crippen LogP contribution in [0.3, 0.4) is 0 Å².